The zero-order valence-electron chi connectivity index (χ0n) is 16.0. The van der Waals surface area contributed by atoms with Crippen molar-refractivity contribution in [3.05, 3.63) is 46.5 Å². The Kier molecular flexibility index (Phi) is 4.72. The molecule has 1 fully saturated rings. The van der Waals surface area contributed by atoms with Crippen LogP contribution in [0.3, 0.4) is 0 Å². The standard InChI is InChI=1S/C21H26N4O2/c1-14-8-9-16(13-15(14)2)22-20(26)19-23-18(17-7-3-4-12-25(17)19)21(27)24-10-5-6-11-24/h8-9,13H,3-7,10-12H2,1-2H3,(H,22,26). The number of anilines is 1. The Morgan fingerprint density at radius 3 is 2.48 bits per heavy atom. The van der Waals surface area contributed by atoms with E-state index in [1.165, 1.54) is 5.56 Å². The molecule has 6 heteroatoms. The molecule has 3 heterocycles. The van der Waals surface area contributed by atoms with Crippen LogP contribution in [-0.4, -0.2) is 39.4 Å². The van der Waals surface area contributed by atoms with E-state index < -0.39 is 0 Å². The lowest BCUT2D eigenvalue weighted by atomic mass is 10.1. The van der Waals surface area contributed by atoms with E-state index in [-0.39, 0.29) is 11.8 Å². The van der Waals surface area contributed by atoms with Gasteiger partial charge in [-0.1, -0.05) is 6.07 Å². The molecule has 1 N–H and O–H groups in total. The SMILES string of the molecule is Cc1ccc(NC(=O)c2nc(C(=O)N3CCCC3)c3n2CCCC3)cc1C. The molecular formula is C21H26N4O2. The molecule has 0 unspecified atom stereocenters. The fourth-order valence-electron chi connectivity index (χ4n) is 3.96. The Labute approximate surface area is 159 Å². The number of carbonyl (C=O) groups excluding carboxylic acids is 2. The molecule has 1 aromatic carbocycles. The average molecular weight is 366 g/mol. The van der Waals surface area contributed by atoms with Crippen molar-refractivity contribution in [2.75, 3.05) is 18.4 Å². The fraction of sp³-hybridized carbons (Fsp3) is 0.476. The third-order valence-electron chi connectivity index (χ3n) is 5.68. The topological polar surface area (TPSA) is 67.2 Å². The summed E-state index contributed by atoms with van der Waals surface area (Å²) in [6.45, 7) is 6.38. The number of nitrogens with zero attached hydrogens (tertiary/aromatic N) is 3. The molecule has 0 radical (unpaired) electrons. The third-order valence-corrected chi connectivity index (χ3v) is 5.68. The molecule has 142 valence electrons. The highest BCUT2D eigenvalue weighted by molar-refractivity contribution is 6.03. The van der Waals surface area contributed by atoms with E-state index >= 15 is 0 Å². The Morgan fingerprint density at radius 1 is 1.00 bits per heavy atom. The van der Waals surface area contributed by atoms with Crippen molar-refractivity contribution >= 4 is 17.5 Å². The van der Waals surface area contributed by atoms with Gasteiger partial charge in [0.15, 0.2) is 5.82 Å². The molecule has 2 aromatic rings. The first-order valence-electron chi connectivity index (χ1n) is 9.82. The normalized spacial score (nSPS) is 16.3. The van der Waals surface area contributed by atoms with Crippen molar-refractivity contribution in [1.29, 1.82) is 0 Å². The van der Waals surface area contributed by atoms with Crippen LogP contribution in [0.5, 0.6) is 0 Å². The number of imidazole rings is 1. The number of aromatic nitrogens is 2. The largest absolute Gasteiger partial charge is 0.337 e. The van der Waals surface area contributed by atoms with E-state index in [4.69, 9.17) is 0 Å². The van der Waals surface area contributed by atoms with Gasteiger partial charge in [0.2, 0.25) is 0 Å². The highest BCUT2D eigenvalue weighted by atomic mass is 16.2. The van der Waals surface area contributed by atoms with Crippen molar-refractivity contribution in [1.82, 2.24) is 14.5 Å². The van der Waals surface area contributed by atoms with Gasteiger partial charge in [-0.2, -0.15) is 0 Å². The molecule has 1 saturated heterocycles. The molecule has 0 atom stereocenters. The third kappa shape index (κ3) is 3.36. The average Bonchev–Trinajstić information content (AvgIpc) is 3.32. The van der Waals surface area contributed by atoms with E-state index in [1.54, 1.807) is 0 Å². The fourth-order valence-corrected chi connectivity index (χ4v) is 3.96. The number of amides is 2. The summed E-state index contributed by atoms with van der Waals surface area (Å²) in [4.78, 5) is 32.2. The van der Waals surface area contributed by atoms with Crippen molar-refractivity contribution in [2.24, 2.45) is 0 Å². The number of likely N-dealkylation sites (tertiary alicyclic amines) is 1. The van der Waals surface area contributed by atoms with Gasteiger partial charge < -0.3 is 14.8 Å². The maximum Gasteiger partial charge on any atom is 0.291 e. The second-order valence-electron chi connectivity index (χ2n) is 7.59. The molecule has 0 spiro atoms. The number of hydrogen-bond acceptors (Lipinski definition) is 3. The molecule has 1 aromatic heterocycles. The highest BCUT2D eigenvalue weighted by Crippen LogP contribution is 2.24. The van der Waals surface area contributed by atoms with Gasteiger partial charge in [0.25, 0.3) is 11.8 Å². The first-order valence-corrected chi connectivity index (χ1v) is 9.82. The molecule has 0 aliphatic carbocycles. The Bertz CT molecular complexity index is 894. The molecular weight excluding hydrogens is 340 g/mol. The van der Waals surface area contributed by atoms with E-state index in [1.807, 2.05) is 41.5 Å². The minimum absolute atomic E-state index is 0.0246. The first kappa shape index (κ1) is 17.8. The second kappa shape index (κ2) is 7.18. The van der Waals surface area contributed by atoms with Crippen molar-refractivity contribution in [3.8, 4) is 0 Å². The Morgan fingerprint density at radius 2 is 1.74 bits per heavy atom. The lowest BCUT2D eigenvalue weighted by Crippen LogP contribution is -2.29. The number of aryl methyl sites for hydroxylation is 2. The monoisotopic (exact) mass is 366 g/mol. The van der Waals surface area contributed by atoms with Gasteiger partial charge in [0.05, 0.1) is 5.69 Å². The maximum absolute atomic E-state index is 12.9. The van der Waals surface area contributed by atoms with Gasteiger partial charge in [-0.3, -0.25) is 9.59 Å². The summed E-state index contributed by atoms with van der Waals surface area (Å²) >= 11 is 0. The summed E-state index contributed by atoms with van der Waals surface area (Å²) in [5, 5.41) is 2.95. The Hall–Kier alpha value is -2.63. The van der Waals surface area contributed by atoms with Crippen molar-refractivity contribution in [2.45, 2.75) is 52.5 Å². The van der Waals surface area contributed by atoms with Crippen LogP contribution in [0.15, 0.2) is 18.2 Å². The predicted octanol–water partition coefficient (Wildman–Crippen LogP) is 3.32. The van der Waals surface area contributed by atoms with Gasteiger partial charge in [-0.05, 0) is 69.2 Å². The first-order chi connectivity index (χ1) is 13.0. The molecule has 2 aliphatic rings. The lowest BCUT2D eigenvalue weighted by Gasteiger charge is -2.19. The number of fused-ring (bicyclic) bond motifs is 1. The Balaban J connectivity index is 1.64. The molecule has 0 bridgehead atoms. The van der Waals surface area contributed by atoms with Crippen LogP contribution in [0.1, 0.15) is 63.6 Å². The molecule has 2 aliphatic heterocycles. The minimum atomic E-state index is -0.248. The number of rotatable bonds is 3. The molecule has 4 rings (SSSR count). The molecule has 0 saturated carbocycles. The van der Waals surface area contributed by atoms with E-state index in [0.29, 0.717) is 11.5 Å². The van der Waals surface area contributed by atoms with E-state index in [0.717, 1.165) is 68.7 Å². The van der Waals surface area contributed by atoms with Crippen LogP contribution in [-0.2, 0) is 13.0 Å². The lowest BCUT2D eigenvalue weighted by molar-refractivity contribution is 0.0786. The van der Waals surface area contributed by atoms with Crippen molar-refractivity contribution in [3.63, 3.8) is 0 Å². The quantitative estimate of drug-likeness (QED) is 0.906. The molecule has 2 amide bonds. The zero-order valence-corrected chi connectivity index (χ0v) is 16.0. The van der Waals surface area contributed by atoms with Crippen LogP contribution >= 0.6 is 0 Å². The highest BCUT2D eigenvalue weighted by Gasteiger charge is 2.30. The molecule has 27 heavy (non-hydrogen) atoms. The number of carbonyl (C=O) groups is 2. The number of benzene rings is 1. The second-order valence-corrected chi connectivity index (χ2v) is 7.59. The van der Waals surface area contributed by atoms with Crippen LogP contribution in [0.2, 0.25) is 0 Å². The summed E-state index contributed by atoms with van der Waals surface area (Å²) in [7, 11) is 0. The minimum Gasteiger partial charge on any atom is -0.337 e. The number of nitrogens with one attached hydrogen (secondary N) is 1. The van der Waals surface area contributed by atoms with E-state index in [2.05, 4.69) is 10.3 Å². The summed E-state index contributed by atoms with van der Waals surface area (Å²) in [5.41, 5.74) is 4.46. The van der Waals surface area contributed by atoms with Crippen LogP contribution < -0.4 is 5.32 Å². The predicted molar refractivity (Wildman–Crippen MR) is 104 cm³/mol. The van der Waals surface area contributed by atoms with Crippen LogP contribution in [0.25, 0.3) is 0 Å². The summed E-state index contributed by atoms with van der Waals surface area (Å²) in [5.74, 6) is 0.0794. The van der Waals surface area contributed by atoms with Crippen molar-refractivity contribution < 1.29 is 9.59 Å². The smallest absolute Gasteiger partial charge is 0.291 e. The van der Waals surface area contributed by atoms with Crippen LogP contribution in [0, 0.1) is 13.8 Å². The summed E-state index contributed by atoms with van der Waals surface area (Å²) in [6, 6.07) is 5.86. The zero-order chi connectivity index (χ0) is 19.0. The summed E-state index contributed by atoms with van der Waals surface area (Å²) in [6.07, 6.45) is 4.93. The maximum atomic E-state index is 12.9. The van der Waals surface area contributed by atoms with Gasteiger partial charge in [0.1, 0.15) is 5.69 Å². The van der Waals surface area contributed by atoms with Gasteiger partial charge >= 0.3 is 0 Å². The van der Waals surface area contributed by atoms with Crippen LogP contribution in [0.4, 0.5) is 5.69 Å². The van der Waals surface area contributed by atoms with Gasteiger partial charge in [-0.15, -0.1) is 0 Å². The van der Waals surface area contributed by atoms with E-state index in [9.17, 15) is 9.59 Å². The number of hydrogen-bond donors (Lipinski definition) is 1. The van der Waals surface area contributed by atoms with Gasteiger partial charge in [0, 0.05) is 25.3 Å². The molecule has 6 nitrogen and oxygen atoms in total. The summed E-state index contributed by atoms with van der Waals surface area (Å²) < 4.78 is 1.95. The van der Waals surface area contributed by atoms with Gasteiger partial charge in [-0.25, -0.2) is 4.98 Å².